The Bertz CT molecular complexity index is 364. The molecule has 0 saturated carbocycles. The molecular weight excluding hydrogens is 230 g/mol. The van der Waals surface area contributed by atoms with Gasteiger partial charge in [-0.15, -0.1) is 0 Å². The van der Waals surface area contributed by atoms with Crippen LogP contribution in [-0.4, -0.2) is 35.0 Å². The average Bonchev–Trinajstić information content (AvgIpc) is 2.37. The van der Waals surface area contributed by atoms with Gasteiger partial charge in [-0.05, 0) is 25.2 Å². The summed E-state index contributed by atoms with van der Waals surface area (Å²) in [6, 6.07) is 0. The normalized spacial score (nSPS) is 31.3. The lowest BCUT2D eigenvalue weighted by Crippen LogP contribution is -2.50. The third kappa shape index (κ3) is 2.42. The lowest BCUT2D eigenvalue weighted by Gasteiger charge is -2.40. The molecule has 1 amide bonds. The van der Waals surface area contributed by atoms with Gasteiger partial charge in [-0.1, -0.05) is 25.5 Å². The van der Waals surface area contributed by atoms with Gasteiger partial charge in [0.25, 0.3) is 0 Å². The van der Waals surface area contributed by atoms with Gasteiger partial charge in [0.05, 0.1) is 11.8 Å². The van der Waals surface area contributed by atoms with E-state index in [0.717, 1.165) is 32.4 Å². The van der Waals surface area contributed by atoms with Gasteiger partial charge in [-0.3, -0.25) is 9.59 Å². The highest BCUT2D eigenvalue weighted by atomic mass is 16.4. The van der Waals surface area contributed by atoms with Gasteiger partial charge in [0.15, 0.2) is 0 Å². The number of carbonyl (C=O) groups excluding carboxylic acids is 1. The van der Waals surface area contributed by atoms with Crippen molar-refractivity contribution in [3.63, 3.8) is 0 Å². The van der Waals surface area contributed by atoms with Crippen molar-refractivity contribution in [1.29, 1.82) is 0 Å². The van der Waals surface area contributed by atoms with E-state index >= 15 is 0 Å². The summed E-state index contributed by atoms with van der Waals surface area (Å²) in [5.74, 6) is -1.52. The number of hydrogen-bond acceptors (Lipinski definition) is 2. The number of unbranched alkanes of at least 4 members (excludes halogenated alkanes) is 1. The molecule has 18 heavy (non-hydrogen) atoms. The lowest BCUT2D eigenvalue weighted by molar-refractivity contribution is -0.154. The summed E-state index contributed by atoms with van der Waals surface area (Å²) in [5, 5.41) is 9.25. The van der Waals surface area contributed by atoms with Gasteiger partial charge in [-0.25, -0.2) is 0 Å². The molecule has 4 heteroatoms. The third-order valence-corrected chi connectivity index (χ3v) is 4.10. The Hall–Kier alpha value is -1.32. The Morgan fingerprint density at radius 2 is 2.33 bits per heavy atom. The Kier molecular flexibility index (Phi) is 4.04. The summed E-state index contributed by atoms with van der Waals surface area (Å²) in [5.41, 5.74) is 0. The second-order valence-electron chi connectivity index (χ2n) is 5.27. The van der Waals surface area contributed by atoms with Crippen molar-refractivity contribution in [2.45, 2.75) is 32.6 Å². The number of amides is 1. The van der Waals surface area contributed by atoms with Gasteiger partial charge < -0.3 is 10.0 Å². The monoisotopic (exact) mass is 251 g/mol. The van der Waals surface area contributed by atoms with Crippen molar-refractivity contribution in [3.05, 3.63) is 12.2 Å². The number of rotatable bonds is 4. The smallest absolute Gasteiger partial charge is 0.307 e. The van der Waals surface area contributed by atoms with E-state index in [2.05, 4.69) is 6.92 Å². The molecule has 1 aliphatic carbocycles. The minimum Gasteiger partial charge on any atom is -0.481 e. The highest BCUT2D eigenvalue weighted by Gasteiger charge is 2.44. The minimum atomic E-state index is -0.833. The van der Waals surface area contributed by atoms with E-state index in [4.69, 9.17) is 0 Å². The van der Waals surface area contributed by atoms with Crippen LogP contribution in [0.15, 0.2) is 12.2 Å². The second kappa shape index (κ2) is 5.55. The van der Waals surface area contributed by atoms with Crippen LogP contribution < -0.4 is 0 Å². The number of aliphatic carboxylic acids is 1. The third-order valence-electron chi connectivity index (χ3n) is 4.10. The highest BCUT2D eigenvalue weighted by Crippen LogP contribution is 2.37. The summed E-state index contributed by atoms with van der Waals surface area (Å²) >= 11 is 0. The number of likely N-dealkylation sites (tertiary alicyclic amines) is 1. The quantitative estimate of drug-likeness (QED) is 0.776. The van der Waals surface area contributed by atoms with E-state index in [9.17, 15) is 14.7 Å². The molecule has 1 saturated heterocycles. The number of allylic oxidation sites excluding steroid dienone is 2. The Morgan fingerprint density at radius 3 is 3.00 bits per heavy atom. The first-order valence-electron chi connectivity index (χ1n) is 6.83. The molecule has 2 aliphatic rings. The van der Waals surface area contributed by atoms with Crippen molar-refractivity contribution >= 4 is 11.9 Å². The molecule has 1 N–H and O–H groups in total. The number of piperidine rings is 1. The molecule has 2 rings (SSSR count). The molecule has 1 fully saturated rings. The summed E-state index contributed by atoms with van der Waals surface area (Å²) in [6.07, 6.45) is 7.41. The van der Waals surface area contributed by atoms with Crippen molar-refractivity contribution in [1.82, 2.24) is 4.90 Å². The van der Waals surface area contributed by atoms with Crippen molar-refractivity contribution in [2.24, 2.45) is 17.8 Å². The molecule has 1 heterocycles. The zero-order valence-electron chi connectivity index (χ0n) is 10.8. The van der Waals surface area contributed by atoms with Crippen molar-refractivity contribution in [2.75, 3.05) is 13.1 Å². The van der Waals surface area contributed by atoms with Crippen LogP contribution in [0.5, 0.6) is 0 Å². The number of nitrogens with zero attached hydrogens (tertiary/aromatic N) is 1. The van der Waals surface area contributed by atoms with E-state index in [1.54, 1.807) is 0 Å². The molecule has 1 unspecified atom stereocenters. The highest BCUT2D eigenvalue weighted by molar-refractivity contribution is 5.86. The van der Waals surface area contributed by atoms with Crippen LogP contribution >= 0.6 is 0 Å². The number of carboxylic acids is 1. The molecule has 0 bridgehead atoms. The molecule has 0 aromatic heterocycles. The number of carbonyl (C=O) groups is 2. The summed E-state index contributed by atoms with van der Waals surface area (Å²) in [4.78, 5) is 25.5. The molecule has 0 spiro atoms. The van der Waals surface area contributed by atoms with Gasteiger partial charge in [0.1, 0.15) is 0 Å². The van der Waals surface area contributed by atoms with E-state index < -0.39 is 11.9 Å². The first kappa shape index (κ1) is 13.1. The van der Waals surface area contributed by atoms with Gasteiger partial charge in [0, 0.05) is 13.1 Å². The maximum atomic E-state index is 12.4. The van der Waals surface area contributed by atoms with Crippen LogP contribution in [0.2, 0.25) is 0 Å². The summed E-state index contributed by atoms with van der Waals surface area (Å²) < 4.78 is 0. The molecule has 3 atom stereocenters. The Balaban J connectivity index is 2.13. The first-order chi connectivity index (χ1) is 8.65. The summed E-state index contributed by atoms with van der Waals surface area (Å²) in [6.45, 7) is 3.64. The molecule has 0 radical (unpaired) electrons. The Labute approximate surface area is 108 Å². The van der Waals surface area contributed by atoms with Crippen LogP contribution in [0, 0.1) is 17.8 Å². The van der Waals surface area contributed by atoms with Crippen molar-refractivity contribution in [3.8, 4) is 0 Å². The maximum Gasteiger partial charge on any atom is 0.307 e. The lowest BCUT2D eigenvalue weighted by atomic mass is 9.71. The fourth-order valence-electron chi connectivity index (χ4n) is 3.05. The zero-order valence-corrected chi connectivity index (χ0v) is 10.8. The topological polar surface area (TPSA) is 57.6 Å². The molecule has 100 valence electrons. The van der Waals surface area contributed by atoms with Gasteiger partial charge in [-0.2, -0.15) is 0 Å². The van der Waals surface area contributed by atoms with E-state index in [0.29, 0.717) is 6.42 Å². The largest absolute Gasteiger partial charge is 0.481 e. The van der Waals surface area contributed by atoms with Gasteiger partial charge >= 0.3 is 5.97 Å². The molecule has 4 nitrogen and oxygen atoms in total. The maximum absolute atomic E-state index is 12.4. The van der Waals surface area contributed by atoms with Crippen LogP contribution in [0.1, 0.15) is 32.6 Å². The van der Waals surface area contributed by atoms with Gasteiger partial charge in [0.2, 0.25) is 5.91 Å². The van der Waals surface area contributed by atoms with E-state index in [1.165, 1.54) is 0 Å². The fraction of sp³-hybridized carbons (Fsp3) is 0.714. The standard InChI is InChI=1S/C14H21NO3/c1-2-3-8-15-9-7-10-5-4-6-11(14(17)18)12(10)13(15)16/h4-5,10-12H,2-3,6-9H2,1H3,(H,17,18)/t10-,11?,12+/m1/s1. The SMILES string of the molecule is CCCCN1CC[C@H]2C=CCC(C(=O)O)[C@H]2C1=O. The number of carboxylic acid groups (broad SMARTS) is 1. The minimum absolute atomic E-state index is 0.0523. The van der Waals surface area contributed by atoms with Crippen LogP contribution in [0.25, 0.3) is 0 Å². The van der Waals surface area contributed by atoms with Crippen molar-refractivity contribution < 1.29 is 14.7 Å². The molecule has 0 aromatic rings. The predicted molar refractivity (Wildman–Crippen MR) is 68.0 cm³/mol. The van der Waals surface area contributed by atoms with Crippen LogP contribution in [0.4, 0.5) is 0 Å². The fourth-order valence-corrected chi connectivity index (χ4v) is 3.05. The first-order valence-corrected chi connectivity index (χ1v) is 6.83. The zero-order chi connectivity index (χ0) is 13.1. The summed E-state index contributed by atoms with van der Waals surface area (Å²) in [7, 11) is 0. The average molecular weight is 251 g/mol. The molecule has 0 aromatic carbocycles. The van der Waals surface area contributed by atoms with E-state index in [-0.39, 0.29) is 17.7 Å². The molecule has 1 aliphatic heterocycles. The number of hydrogen-bond donors (Lipinski definition) is 1. The Morgan fingerprint density at radius 1 is 1.56 bits per heavy atom. The second-order valence-corrected chi connectivity index (χ2v) is 5.27. The van der Waals surface area contributed by atoms with E-state index in [1.807, 2.05) is 17.1 Å². The predicted octanol–water partition coefficient (Wildman–Crippen LogP) is 1.91. The van der Waals surface area contributed by atoms with Crippen LogP contribution in [0.3, 0.4) is 0 Å². The molecular formula is C14H21NO3. The van der Waals surface area contributed by atoms with Crippen LogP contribution in [-0.2, 0) is 9.59 Å². The number of fused-ring (bicyclic) bond motifs is 1.